The smallest absolute Gasteiger partial charge is 0.337 e. The first kappa shape index (κ1) is 20.1. The minimum Gasteiger partial charge on any atom is -0.507 e. The van der Waals surface area contributed by atoms with E-state index in [4.69, 9.17) is 9.26 Å². The second-order valence-corrected chi connectivity index (χ2v) is 6.94. The third kappa shape index (κ3) is 3.48. The molecule has 1 fully saturated rings. The number of esters is 1. The summed E-state index contributed by atoms with van der Waals surface area (Å²) in [5.41, 5.74) is 1.13. The average molecular weight is 418 g/mol. The molecular weight excluding hydrogens is 400 g/mol. The van der Waals surface area contributed by atoms with Crippen molar-refractivity contribution in [2.75, 3.05) is 12.0 Å². The van der Waals surface area contributed by atoms with Crippen LogP contribution in [0, 0.1) is 6.92 Å². The summed E-state index contributed by atoms with van der Waals surface area (Å²) in [5, 5.41) is 14.8. The third-order valence-electron chi connectivity index (χ3n) is 5.00. The van der Waals surface area contributed by atoms with Crippen molar-refractivity contribution in [2.24, 2.45) is 0 Å². The highest BCUT2D eigenvalue weighted by Gasteiger charge is 2.48. The number of benzene rings is 2. The van der Waals surface area contributed by atoms with Gasteiger partial charge in [0.25, 0.3) is 5.78 Å². The van der Waals surface area contributed by atoms with Crippen LogP contribution in [0.2, 0.25) is 0 Å². The number of ether oxygens (including phenoxy) is 1. The van der Waals surface area contributed by atoms with E-state index in [0.717, 1.165) is 0 Å². The number of carbonyl (C=O) groups excluding carboxylic acids is 3. The van der Waals surface area contributed by atoms with Crippen LogP contribution in [0.25, 0.3) is 5.76 Å². The molecular formula is C23H18N2O6. The molecule has 1 N–H and O–H groups in total. The quantitative estimate of drug-likeness (QED) is 0.299. The Hall–Kier alpha value is -4.20. The van der Waals surface area contributed by atoms with Gasteiger partial charge >= 0.3 is 11.9 Å². The highest BCUT2D eigenvalue weighted by molar-refractivity contribution is 6.51. The summed E-state index contributed by atoms with van der Waals surface area (Å²) in [6, 6.07) is 15.3. The van der Waals surface area contributed by atoms with Gasteiger partial charge in [0.1, 0.15) is 11.5 Å². The Labute approximate surface area is 177 Å². The van der Waals surface area contributed by atoms with E-state index in [1.165, 1.54) is 30.2 Å². The maximum atomic E-state index is 13.0. The molecule has 1 amide bonds. The number of aliphatic hydroxyl groups is 1. The van der Waals surface area contributed by atoms with E-state index in [9.17, 15) is 19.5 Å². The molecule has 0 aliphatic carbocycles. The van der Waals surface area contributed by atoms with Crippen molar-refractivity contribution >= 4 is 29.2 Å². The maximum absolute atomic E-state index is 13.0. The molecule has 1 aliphatic heterocycles. The molecule has 1 saturated heterocycles. The number of nitrogens with zero attached hydrogens (tertiary/aromatic N) is 2. The fourth-order valence-electron chi connectivity index (χ4n) is 3.52. The van der Waals surface area contributed by atoms with Crippen molar-refractivity contribution in [3.8, 4) is 0 Å². The minimum absolute atomic E-state index is 0.0809. The first-order valence-corrected chi connectivity index (χ1v) is 9.40. The molecule has 0 saturated carbocycles. The van der Waals surface area contributed by atoms with Crippen LogP contribution in [0.5, 0.6) is 0 Å². The molecule has 3 aromatic rings. The van der Waals surface area contributed by atoms with E-state index >= 15 is 0 Å². The van der Waals surface area contributed by atoms with Gasteiger partial charge in [-0.05, 0) is 24.6 Å². The van der Waals surface area contributed by atoms with Crippen molar-refractivity contribution in [1.29, 1.82) is 0 Å². The number of anilines is 1. The summed E-state index contributed by atoms with van der Waals surface area (Å²) in [5.74, 6) is -1.90. The van der Waals surface area contributed by atoms with Crippen LogP contribution in [-0.4, -0.2) is 35.0 Å². The van der Waals surface area contributed by atoms with E-state index in [0.29, 0.717) is 22.5 Å². The molecule has 1 aromatic heterocycles. The van der Waals surface area contributed by atoms with Crippen molar-refractivity contribution in [3.63, 3.8) is 0 Å². The fourth-order valence-corrected chi connectivity index (χ4v) is 3.52. The average Bonchev–Trinajstić information content (AvgIpc) is 3.34. The highest BCUT2D eigenvalue weighted by Crippen LogP contribution is 2.41. The monoisotopic (exact) mass is 418 g/mol. The normalized spacial score (nSPS) is 17.7. The Balaban J connectivity index is 1.90. The molecule has 0 spiro atoms. The molecule has 4 rings (SSSR count). The van der Waals surface area contributed by atoms with Crippen LogP contribution in [0.1, 0.15) is 33.3 Å². The van der Waals surface area contributed by atoms with Crippen LogP contribution < -0.4 is 4.90 Å². The zero-order chi connectivity index (χ0) is 22.1. The fraction of sp³-hybridized carbons (Fsp3) is 0.130. The Morgan fingerprint density at radius 2 is 1.74 bits per heavy atom. The lowest BCUT2D eigenvalue weighted by Crippen LogP contribution is -2.29. The largest absolute Gasteiger partial charge is 0.507 e. The number of hydrogen-bond donors (Lipinski definition) is 1. The predicted octanol–water partition coefficient (Wildman–Crippen LogP) is 3.40. The number of Topliss-reactive ketones (excluding diaryl/α,β-unsaturated/α-hetero) is 1. The maximum Gasteiger partial charge on any atom is 0.337 e. The van der Waals surface area contributed by atoms with Gasteiger partial charge < -0.3 is 14.4 Å². The van der Waals surface area contributed by atoms with Crippen molar-refractivity contribution in [3.05, 3.63) is 88.7 Å². The van der Waals surface area contributed by atoms with Crippen LogP contribution in [0.15, 0.2) is 70.8 Å². The van der Waals surface area contributed by atoms with Gasteiger partial charge in [-0.15, -0.1) is 0 Å². The molecule has 31 heavy (non-hydrogen) atoms. The summed E-state index contributed by atoms with van der Waals surface area (Å²) >= 11 is 0. The first-order valence-electron chi connectivity index (χ1n) is 9.40. The summed E-state index contributed by atoms with van der Waals surface area (Å²) < 4.78 is 9.81. The van der Waals surface area contributed by atoms with Gasteiger partial charge in [-0.2, -0.15) is 0 Å². The lowest BCUT2D eigenvalue weighted by atomic mass is 9.94. The number of ketones is 1. The summed E-state index contributed by atoms with van der Waals surface area (Å²) in [6.45, 7) is 1.66. The molecule has 1 aliphatic rings. The van der Waals surface area contributed by atoms with Crippen molar-refractivity contribution in [1.82, 2.24) is 5.16 Å². The Kier molecular flexibility index (Phi) is 5.12. The van der Waals surface area contributed by atoms with Gasteiger partial charge in [0.05, 0.1) is 24.3 Å². The Morgan fingerprint density at radius 3 is 2.32 bits per heavy atom. The molecule has 0 bridgehead atoms. The Morgan fingerprint density at radius 1 is 1.06 bits per heavy atom. The van der Waals surface area contributed by atoms with Gasteiger partial charge in [0.15, 0.2) is 5.82 Å². The zero-order valence-electron chi connectivity index (χ0n) is 16.7. The third-order valence-corrected chi connectivity index (χ3v) is 5.00. The zero-order valence-corrected chi connectivity index (χ0v) is 16.7. The second-order valence-electron chi connectivity index (χ2n) is 6.94. The number of aryl methyl sites for hydroxylation is 1. The molecule has 8 nitrogen and oxygen atoms in total. The minimum atomic E-state index is -0.962. The number of rotatable bonds is 4. The van der Waals surface area contributed by atoms with E-state index in [-0.39, 0.29) is 17.2 Å². The van der Waals surface area contributed by atoms with E-state index in [2.05, 4.69) is 5.16 Å². The number of amides is 1. The molecule has 2 aromatic carbocycles. The van der Waals surface area contributed by atoms with Crippen LogP contribution in [-0.2, 0) is 14.3 Å². The van der Waals surface area contributed by atoms with Crippen LogP contribution in [0.4, 0.5) is 5.82 Å². The van der Waals surface area contributed by atoms with Gasteiger partial charge in [-0.25, -0.2) is 4.79 Å². The second kappa shape index (κ2) is 7.91. The van der Waals surface area contributed by atoms with Gasteiger partial charge in [-0.3, -0.25) is 14.5 Å². The molecule has 1 unspecified atom stereocenters. The number of methoxy groups -OCH3 is 1. The number of carbonyl (C=O) groups is 3. The van der Waals surface area contributed by atoms with Crippen molar-refractivity contribution < 1.29 is 28.8 Å². The molecule has 8 heteroatoms. The van der Waals surface area contributed by atoms with Crippen LogP contribution in [0.3, 0.4) is 0 Å². The topological polar surface area (TPSA) is 110 Å². The first-order chi connectivity index (χ1) is 14.9. The lowest BCUT2D eigenvalue weighted by molar-refractivity contribution is -0.132. The van der Waals surface area contributed by atoms with Gasteiger partial charge in [-0.1, -0.05) is 47.6 Å². The van der Waals surface area contributed by atoms with E-state index in [1.807, 2.05) is 0 Å². The van der Waals surface area contributed by atoms with Crippen molar-refractivity contribution in [2.45, 2.75) is 13.0 Å². The molecule has 1 atom stereocenters. The number of aromatic nitrogens is 1. The molecule has 0 radical (unpaired) electrons. The highest BCUT2D eigenvalue weighted by atomic mass is 16.5. The van der Waals surface area contributed by atoms with Gasteiger partial charge in [0.2, 0.25) is 0 Å². The standard InChI is InChI=1S/C23H18N2O6/c1-13-12-17(24-31-13)25-19(14-8-10-16(11-9-14)23(29)30-2)18(21(27)22(25)28)20(26)15-6-4-3-5-7-15/h3-12,19,26H,1-2H3. The van der Waals surface area contributed by atoms with E-state index in [1.54, 1.807) is 49.4 Å². The molecule has 156 valence electrons. The predicted molar refractivity (Wildman–Crippen MR) is 110 cm³/mol. The number of aliphatic hydroxyl groups excluding tert-OH is 1. The number of hydrogen-bond acceptors (Lipinski definition) is 7. The summed E-state index contributed by atoms with van der Waals surface area (Å²) in [4.78, 5) is 38.9. The lowest BCUT2D eigenvalue weighted by Gasteiger charge is -2.23. The summed E-state index contributed by atoms with van der Waals surface area (Å²) in [6.07, 6.45) is 0. The van der Waals surface area contributed by atoms with Crippen LogP contribution >= 0.6 is 0 Å². The molecule has 2 heterocycles. The Bertz CT molecular complexity index is 1190. The summed E-state index contributed by atoms with van der Waals surface area (Å²) in [7, 11) is 1.28. The van der Waals surface area contributed by atoms with Gasteiger partial charge in [0, 0.05) is 11.6 Å². The SMILES string of the molecule is COC(=O)c1ccc(C2C(=C(O)c3ccccc3)C(=O)C(=O)N2c2cc(C)on2)cc1. The van der Waals surface area contributed by atoms with E-state index < -0.39 is 23.7 Å².